The van der Waals surface area contributed by atoms with Crippen molar-refractivity contribution in [3.05, 3.63) is 18.2 Å². The number of ether oxygens (including phenoxy) is 2. The maximum Gasteiger partial charge on any atom is 0.246 e. The van der Waals surface area contributed by atoms with Gasteiger partial charge in [-0.05, 0) is 56.5 Å². The molecule has 3 rings (SSSR count). The van der Waals surface area contributed by atoms with Gasteiger partial charge in [0.15, 0.2) is 11.5 Å². The lowest BCUT2D eigenvalue weighted by Crippen LogP contribution is -2.48. The van der Waals surface area contributed by atoms with Crippen LogP contribution >= 0.6 is 0 Å². The monoisotopic (exact) mass is 359 g/mol. The van der Waals surface area contributed by atoms with Crippen molar-refractivity contribution in [2.75, 3.05) is 14.2 Å². The van der Waals surface area contributed by atoms with Crippen LogP contribution in [0.5, 0.6) is 11.5 Å². The van der Waals surface area contributed by atoms with Gasteiger partial charge in [-0.3, -0.25) is 4.79 Å². The summed E-state index contributed by atoms with van der Waals surface area (Å²) in [4.78, 5) is 16.0. The summed E-state index contributed by atoms with van der Waals surface area (Å²) in [6.45, 7) is 4.28. The molecule has 8 nitrogen and oxygen atoms in total. The minimum atomic E-state index is 0.0287. The lowest BCUT2D eigenvalue weighted by atomic mass is 9.97. The van der Waals surface area contributed by atoms with Crippen LogP contribution in [0.3, 0.4) is 0 Å². The third-order valence-electron chi connectivity index (χ3n) is 4.85. The minimum Gasteiger partial charge on any atom is -0.493 e. The molecule has 1 fully saturated rings. The van der Waals surface area contributed by atoms with Gasteiger partial charge in [-0.25, -0.2) is 0 Å². The van der Waals surface area contributed by atoms with E-state index in [0.29, 0.717) is 17.3 Å². The first-order valence-corrected chi connectivity index (χ1v) is 8.85. The SMILES string of the molecule is COc1ccc(-c2nnn(CC(=O)N3[C@H](C)CCC[C@H]3C)n2)cc1OC. The smallest absolute Gasteiger partial charge is 0.246 e. The number of amides is 1. The van der Waals surface area contributed by atoms with Gasteiger partial charge in [-0.15, -0.1) is 10.2 Å². The number of hydrogen-bond donors (Lipinski definition) is 0. The molecule has 2 atom stereocenters. The molecule has 0 spiro atoms. The Balaban J connectivity index is 1.75. The van der Waals surface area contributed by atoms with E-state index in [2.05, 4.69) is 29.3 Å². The molecule has 1 aliphatic heterocycles. The normalized spacial score (nSPS) is 20.1. The van der Waals surface area contributed by atoms with E-state index in [4.69, 9.17) is 9.47 Å². The number of benzene rings is 1. The average molecular weight is 359 g/mol. The molecule has 0 bridgehead atoms. The lowest BCUT2D eigenvalue weighted by molar-refractivity contribution is -0.138. The molecule has 0 saturated carbocycles. The second-order valence-electron chi connectivity index (χ2n) is 6.64. The fourth-order valence-corrected chi connectivity index (χ4v) is 3.52. The zero-order valence-corrected chi connectivity index (χ0v) is 15.7. The molecule has 1 amide bonds. The maximum absolute atomic E-state index is 12.7. The standard InChI is InChI=1S/C18H25N5O3/c1-12-6-5-7-13(2)23(12)17(24)11-22-20-18(19-21-22)14-8-9-15(25-3)16(10-14)26-4/h8-10,12-13H,5-7,11H2,1-4H3/t12-,13-/m1/s1. The summed E-state index contributed by atoms with van der Waals surface area (Å²) in [6, 6.07) is 5.91. The molecule has 1 aromatic heterocycles. The number of carbonyl (C=O) groups is 1. The molecule has 0 radical (unpaired) electrons. The molecule has 140 valence electrons. The third-order valence-corrected chi connectivity index (χ3v) is 4.85. The Morgan fingerprint density at radius 3 is 2.50 bits per heavy atom. The van der Waals surface area contributed by atoms with Gasteiger partial charge in [0.2, 0.25) is 11.7 Å². The molecular weight excluding hydrogens is 334 g/mol. The van der Waals surface area contributed by atoms with Crippen molar-refractivity contribution >= 4 is 5.91 Å². The molecule has 1 aliphatic rings. The first-order valence-electron chi connectivity index (χ1n) is 8.85. The number of nitrogens with zero attached hydrogens (tertiary/aromatic N) is 5. The Hall–Kier alpha value is -2.64. The molecule has 2 aromatic rings. The Bertz CT molecular complexity index is 766. The molecule has 0 aliphatic carbocycles. The topological polar surface area (TPSA) is 82.4 Å². The quantitative estimate of drug-likeness (QED) is 0.813. The predicted octanol–water partition coefficient (Wildman–Crippen LogP) is 2.15. The highest BCUT2D eigenvalue weighted by Crippen LogP contribution is 2.30. The fraction of sp³-hybridized carbons (Fsp3) is 0.556. The summed E-state index contributed by atoms with van der Waals surface area (Å²) < 4.78 is 10.5. The van der Waals surface area contributed by atoms with Crippen molar-refractivity contribution in [2.45, 2.75) is 51.7 Å². The van der Waals surface area contributed by atoms with Crippen molar-refractivity contribution in [3.8, 4) is 22.9 Å². The van der Waals surface area contributed by atoms with Gasteiger partial charge in [-0.2, -0.15) is 4.80 Å². The number of aromatic nitrogens is 4. The van der Waals surface area contributed by atoms with Crippen LogP contribution in [-0.2, 0) is 11.3 Å². The van der Waals surface area contributed by atoms with Crippen molar-refractivity contribution in [2.24, 2.45) is 0 Å². The molecule has 1 aromatic carbocycles. The Morgan fingerprint density at radius 1 is 1.15 bits per heavy atom. The van der Waals surface area contributed by atoms with Gasteiger partial charge >= 0.3 is 0 Å². The van der Waals surface area contributed by atoms with Crippen LogP contribution in [0.2, 0.25) is 0 Å². The number of piperidine rings is 1. The summed E-state index contributed by atoms with van der Waals surface area (Å²) >= 11 is 0. The van der Waals surface area contributed by atoms with Crippen molar-refractivity contribution < 1.29 is 14.3 Å². The second-order valence-corrected chi connectivity index (χ2v) is 6.64. The summed E-state index contributed by atoms with van der Waals surface area (Å²) in [5, 5.41) is 12.4. The Kier molecular flexibility index (Phi) is 5.39. The molecule has 8 heteroatoms. The van der Waals surface area contributed by atoms with Crippen LogP contribution in [0, 0.1) is 0 Å². The van der Waals surface area contributed by atoms with E-state index in [1.807, 2.05) is 11.0 Å². The number of carbonyl (C=O) groups excluding carboxylic acids is 1. The van der Waals surface area contributed by atoms with Crippen LogP contribution < -0.4 is 9.47 Å². The molecule has 26 heavy (non-hydrogen) atoms. The van der Waals surface area contributed by atoms with E-state index >= 15 is 0 Å². The van der Waals surface area contributed by atoms with Crippen LogP contribution in [0.1, 0.15) is 33.1 Å². The lowest BCUT2D eigenvalue weighted by Gasteiger charge is -2.38. The molecule has 0 N–H and O–H groups in total. The highest BCUT2D eigenvalue weighted by Gasteiger charge is 2.29. The van der Waals surface area contributed by atoms with Gasteiger partial charge in [0.25, 0.3) is 0 Å². The second kappa shape index (κ2) is 7.72. The summed E-state index contributed by atoms with van der Waals surface area (Å²) in [5.41, 5.74) is 0.751. The van der Waals surface area contributed by atoms with Crippen molar-refractivity contribution in [1.82, 2.24) is 25.1 Å². The fourth-order valence-electron chi connectivity index (χ4n) is 3.52. The van der Waals surface area contributed by atoms with Crippen molar-refractivity contribution in [3.63, 3.8) is 0 Å². The number of methoxy groups -OCH3 is 2. The Labute approximate surface area is 153 Å². The third kappa shape index (κ3) is 3.63. The summed E-state index contributed by atoms with van der Waals surface area (Å²) in [5.74, 6) is 1.69. The van der Waals surface area contributed by atoms with E-state index < -0.39 is 0 Å². The van der Waals surface area contributed by atoms with E-state index in [1.165, 1.54) is 4.80 Å². The van der Waals surface area contributed by atoms with Crippen LogP contribution in [0.25, 0.3) is 11.4 Å². The summed E-state index contributed by atoms with van der Waals surface area (Å²) in [7, 11) is 3.16. The van der Waals surface area contributed by atoms with Gasteiger partial charge in [0.05, 0.1) is 14.2 Å². The predicted molar refractivity (Wildman–Crippen MR) is 96.0 cm³/mol. The van der Waals surface area contributed by atoms with Crippen LogP contribution in [-0.4, -0.2) is 57.3 Å². The molecule has 0 unspecified atom stereocenters. The molecular formula is C18H25N5O3. The van der Waals surface area contributed by atoms with Crippen LogP contribution in [0.4, 0.5) is 0 Å². The Morgan fingerprint density at radius 2 is 1.85 bits per heavy atom. The first kappa shape index (κ1) is 18.2. The minimum absolute atomic E-state index is 0.0287. The van der Waals surface area contributed by atoms with Gasteiger partial charge < -0.3 is 14.4 Å². The number of hydrogen-bond acceptors (Lipinski definition) is 6. The first-order chi connectivity index (χ1) is 12.5. The largest absolute Gasteiger partial charge is 0.493 e. The van der Waals surface area contributed by atoms with Gasteiger partial charge in [0.1, 0.15) is 6.54 Å². The van der Waals surface area contributed by atoms with Crippen LogP contribution in [0.15, 0.2) is 18.2 Å². The van der Waals surface area contributed by atoms with E-state index in [0.717, 1.165) is 24.8 Å². The zero-order chi connectivity index (χ0) is 18.7. The maximum atomic E-state index is 12.7. The number of tetrazole rings is 1. The molecule has 2 heterocycles. The summed E-state index contributed by atoms with van der Waals surface area (Å²) in [6.07, 6.45) is 3.24. The zero-order valence-electron chi connectivity index (χ0n) is 15.7. The average Bonchev–Trinajstić information content (AvgIpc) is 3.09. The number of likely N-dealkylation sites (tertiary alicyclic amines) is 1. The number of rotatable bonds is 5. The van der Waals surface area contributed by atoms with Gasteiger partial charge in [0, 0.05) is 17.6 Å². The van der Waals surface area contributed by atoms with E-state index in [-0.39, 0.29) is 24.5 Å². The van der Waals surface area contributed by atoms with Gasteiger partial charge in [-0.1, -0.05) is 0 Å². The molecule has 1 saturated heterocycles. The highest BCUT2D eigenvalue weighted by atomic mass is 16.5. The van der Waals surface area contributed by atoms with Crippen molar-refractivity contribution in [1.29, 1.82) is 0 Å². The van der Waals surface area contributed by atoms with E-state index in [1.54, 1.807) is 26.4 Å². The highest BCUT2D eigenvalue weighted by molar-refractivity contribution is 5.76. The van der Waals surface area contributed by atoms with E-state index in [9.17, 15) is 4.79 Å².